The van der Waals surface area contributed by atoms with E-state index in [0.717, 1.165) is 0 Å². The van der Waals surface area contributed by atoms with Crippen LogP contribution >= 0.6 is 0 Å². The molecule has 0 fully saturated rings. The molecule has 72 valence electrons. The van der Waals surface area contributed by atoms with Crippen molar-refractivity contribution in [1.82, 2.24) is 0 Å². The van der Waals surface area contributed by atoms with Gasteiger partial charge in [-0.1, -0.05) is 6.58 Å². The monoisotopic (exact) mass is 190 g/mol. The fourth-order valence-corrected chi connectivity index (χ4v) is 0.134. The van der Waals surface area contributed by atoms with E-state index < -0.39 is 18.5 Å². The van der Waals surface area contributed by atoms with Gasteiger partial charge in [0.15, 0.2) is 0 Å². The fourth-order valence-electron chi connectivity index (χ4n) is 0.134. The Hall–Kier alpha value is -1.27. The molecule has 0 heterocycles. The van der Waals surface area contributed by atoms with E-state index in [-0.39, 0.29) is 6.08 Å². The first-order valence-electron chi connectivity index (χ1n) is 2.47. The molecule has 0 saturated carbocycles. The molecule has 0 aromatic heterocycles. The molecule has 0 spiro atoms. The van der Waals surface area contributed by atoms with Crippen LogP contribution < -0.4 is 0 Å². The number of alkyl halides is 4. The maximum atomic E-state index is 11.4. The minimum absolute atomic E-state index is 0.208. The van der Waals surface area contributed by atoms with Crippen LogP contribution in [-0.2, 0) is 0 Å². The highest BCUT2D eigenvalue weighted by atomic mass is 19.4. The molecular formula is C5H6F4O3. The summed E-state index contributed by atoms with van der Waals surface area (Å²) in [6, 6.07) is 0. The molecule has 0 rings (SSSR count). The molecule has 12 heavy (non-hydrogen) atoms. The van der Waals surface area contributed by atoms with Crippen LogP contribution in [0.15, 0.2) is 12.7 Å². The molecule has 0 aliphatic rings. The highest BCUT2D eigenvalue weighted by Gasteiger charge is 2.37. The maximum absolute atomic E-state index is 11.4. The zero-order chi connectivity index (χ0) is 10.4. The summed E-state index contributed by atoms with van der Waals surface area (Å²) in [5, 5.41) is 13.9. The fraction of sp³-hybridized carbons (Fsp3) is 0.400. The van der Waals surface area contributed by atoms with Crippen molar-refractivity contribution in [3.05, 3.63) is 12.7 Å². The molecule has 1 unspecified atom stereocenters. The van der Waals surface area contributed by atoms with E-state index in [2.05, 4.69) is 6.58 Å². The molecule has 0 amide bonds. The highest BCUT2D eigenvalue weighted by molar-refractivity contribution is 5.53. The van der Waals surface area contributed by atoms with Crippen LogP contribution in [0, 0.1) is 0 Å². The summed E-state index contributed by atoms with van der Waals surface area (Å²) < 4.78 is 44.4. The summed E-state index contributed by atoms with van der Waals surface area (Å²) in [6.45, 7) is 2.63. The lowest BCUT2D eigenvalue weighted by molar-refractivity contribution is -0.166. The first kappa shape index (κ1) is 13.3. The van der Waals surface area contributed by atoms with E-state index in [1.54, 1.807) is 0 Å². The first-order valence-corrected chi connectivity index (χ1v) is 2.47. The zero-order valence-corrected chi connectivity index (χ0v) is 5.68. The van der Waals surface area contributed by atoms with Crippen LogP contribution in [0.3, 0.4) is 0 Å². The predicted octanol–water partition coefficient (Wildman–Crippen LogP) is 2.30. The number of rotatable bonds is 1. The van der Waals surface area contributed by atoms with Gasteiger partial charge in [-0.05, 0) is 6.08 Å². The Bertz CT molecular complexity index is 149. The lowest BCUT2D eigenvalue weighted by Gasteiger charge is -2.05. The van der Waals surface area contributed by atoms with Crippen molar-refractivity contribution in [3.8, 4) is 0 Å². The summed E-state index contributed by atoms with van der Waals surface area (Å²) in [5.74, 6) is 0. The van der Waals surface area contributed by atoms with Gasteiger partial charge in [0.1, 0.15) is 0 Å². The average molecular weight is 190 g/mol. The second-order valence-electron chi connectivity index (χ2n) is 1.46. The van der Waals surface area contributed by atoms with Gasteiger partial charge in [0.25, 0.3) is 0 Å². The number of carbonyl (C=O) groups is 1. The quantitative estimate of drug-likeness (QED) is 0.492. The minimum Gasteiger partial charge on any atom is -0.450 e. The number of halogens is 4. The Morgan fingerprint density at radius 2 is 1.67 bits per heavy atom. The van der Waals surface area contributed by atoms with Gasteiger partial charge in [0.2, 0.25) is 6.17 Å². The molecule has 0 radical (unpaired) electrons. The maximum Gasteiger partial charge on any atom is 0.503 e. The van der Waals surface area contributed by atoms with Gasteiger partial charge in [-0.3, -0.25) is 0 Å². The summed E-state index contributed by atoms with van der Waals surface area (Å²) in [4.78, 5) is 8.56. The van der Waals surface area contributed by atoms with E-state index in [1.807, 2.05) is 0 Å². The molecule has 2 N–H and O–H groups in total. The molecule has 0 aliphatic carbocycles. The van der Waals surface area contributed by atoms with Crippen LogP contribution in [0.25, 0.3) is 0 Å². The first-order chi connectivity index (χ1) is 5.21. The second-order valence-corrected chi connectivity index (χ2v) is 1.46. The summed E-state index contributed by atoms with van der Waals surface area (Å²) in [7, 11) is 0. The van der Waals surface area contributed by atoms with E-state index in [4.69, 9.17) is 15.0 Å². The van der Waals surface area contributed by atoms with Crippen molar-refractivity contribution >= 4 is 6.16 Å². The minimum atomic E-state index is -4.78. The largest absolute Gasteiger partial charge is 0.503 e. The topological polar surface area (TPSA) is 57.5 Å². The Labute approximate surface area is 64.9 Å². The normalized spacial score (nSPS) is 12.3. The Morgan fingerprint density at radius 3 is 1.67 bits per heavy atom. The van der Waals surface area contributed by atoms with Gasteiger partial charge < -0.3 is 10.2 Å². The van der Waals surface area contributed by atoms with Crippen molar-refractivity contribution in [3.63, 3.8) is 0 Å². The second kappa shape index (κ2) is 5.39. The molecule has 0 aromatic rings. The van der Waals surface area contributed by atoms with Crippen molar-refractivity contribution < 1.29 is 32.6 Å². The van der Waals surface area contributed by atoms with Gasteiger partial charge in [-0.2, -0.15) is 13.2 Å². The van der Waals surface area contributed by atoms with Crippen molar-refractivity contribution in [1.29, 1.82) is 0 Å². The van der Waals surface area contributed by atoms with Gasteiger partial charge in [-0.15, -0.1) is 0 Å². The predicted molar refractivity (Wildman–Crippen MR) is 31.8 cm³/mol. The van der Waals surface area contributed by atoms with Crippen molar-refractivity contribution in [2.75, 3.05) is 0 Å². The molecule has 0 aliphatic heterocycles. The highest BCUT2D eigenvalue weighted by Crippen LogP contribution is 2.22. The number of hydrogen-bond donors (Lipinski definition) is 2. The van der Waals surface area contributed by atoms with E-state index in [1.165, 1.54) is 0 Å². The van der Waals surface area contributed by atoms with Crippen LogP contribution in [-0.4, -0.2) is 28.7 Å². The zero-order valence-electron chi connectivity index (χ0n) is 5.68. The number of allylic oxidation sites excluding steroid dienone is 1. The van der Waals surface area contributed by atoms with Gasteiger partial charge in [-0.25, -0.2) is 9.18 Å². The van der Waals surface area contributed by atoms with Crippen LogP contribution in [0.5, 0.6) is 0 Å². The molecule has 0 aromatic carbocycles. The Kier molecular flexibility index (Phi) is 5.99. The Balaban J connectivity index is 0. The van der Waals surface area contributed by atoms with E-state index in [0.29, 0.717) is 0 Å². The smallest absolute Gasteiger partial charge is 0.450 e. The molecule has 7 heteroatoms. The number of hydrogen-bond acceptors (Lipinski definition) is 1. The number of carboxylic acid groups (broad SMARTS) is 2. The molecular weight excluding hydrogens is 184 g/mol. The Morgan fingerprint density at radius 1 is 1.42 bits per heavy atom. The standard InChI is InChI=1S/C4H4F4.CH2O3/c1-2-3(5)4(6,7)8;2-1(3)4/h2-3H,1H2;(H2,2,3,4). The third-order valence-electron chi connectivity index (χ3n) is 0.520. The molecule has 0 saturated heterocycles. The van der Waals surface area contributed by atoms with Crippen molar-refractivity contribution in [2.45, 2.75) is 12.3 Å². The molecule has 3 nitrogen and oxygen atoms in total. The summed E-state index contributed by atoms with van der Waals surface area (Å²) in [6.07, 6.45) is -9.29. The van der Waals surface area contributed by atoms with E-state index >= 15 is 0 Å². The average Bonchev–Trinajstić information content (AvgIpc) is 1.82. The molecule has 1 atom stereocenters. The summed E-state index contributed by atoms with van der Waals surface area (Å²) in [5.41, 5.74) is 0. The summed E-state index contributed by atoms with van der Waals surface area (Å²) >= 11 is 0. The van der Waals surface area contributed by atoms with Crippen LogP contribution in [0.4, 0.5) is 22.4 Å². The van der Waals surface area contributed by atoms with Gasteiger partial charge >= 0.3 is 12.3 Å². The van der Waals surface area contributed by atoms with Gasteiger partial charge in [0.05, 0.1) is 0 Å². The van der Waals surface area contributed by atoms with Crippen LogP contribution in [0.1, 0.15) is 0 Å². The van der Waals surface area contributed by atoms with Crippen LogP contribution in [0.2, 0.25) is 0 Å². The third kappa shape index (κ3) is 11.5. The SMILES string of the molecule is C=CC(F)C(F)(F)F.O=C(O)O. The lowest BCUT2D eigenvalue weighted by atomic mass is 10.4. The lowest BCUT2D eigenvalue weighted by Crippen LogP contribution is -2.21. The van der Waals surface area contributed by atoms with Gasteiger partial charge in [0, 0.05) is 0 Å². The van der Waals surface area contributed by atoms with Crippen molar-refractivity contribution in [2.24, 2.45) is 0 Å². The molecule has 0 bridgehead atoms. The van der Waals surface area contributed by atoms with E-state index in [9.17, 15) is 17.6 Å². The third-order valence-corrected chi connectivity index (χ3v) is 0.520.